The van der Waals surface area contributed by atoms with E-state index in [4.69, 9.17) is 0 Å². The maximum absolute atomic E-state index is 13.3. The van der Waals surface area contributed by atoms with Gasteiger partial charge in [0.15, 0.2) is 5.13 Å². The summed E-state index contributed by atoms with van der Waals surface area (Å²) in [6.45, 7) is 2.18. The number of alkyl halides is 2. The summed E-state index contributed by atoms with van der Waals surface area (Å²) in [6.07, 6.45) is -2.79. The van der Waals surface area contributed by atoms with Gasteiger partial charge in [-0.15, -0.1) is 0 Å². The minimum atomic E-state index is -2.79. The fourth-order valence-corrected chi connectivity index (χ4v) is 3.90. The second-order valence-electron chi connectivity index (χ2n) is 5.88. The van der Waals surface area contributed by atoms with Crippen LogP contribution in [0.5, 0.6) is 0 Å². The highest BCUT2D eigenvalue weighted by Gasteiger charge is 2.22. The van der Waals surface area contributed by atoms with Gasteiger partial charge in [0.25, 0.3) is 12.0 Å². The number of fused-ring (bicyclic) bond motifs is 1. The largest absolute Gasteiger partial charge is 0.345 e. The number of halogens is 3. The second-order valence-corrected chi connectivity index (χ2v) is 6.89. The van der Waals surface area contributed by atoms with E-state index in [0.717, 1.165) is 21.4 Å². The molecule has 1 aliphatic rings. The van der Waals surface area contributed by atoms with Crippen LogP contribution in [0.15, 0.2) is 29.1 Å². The van der Waals surface area contributed by atoms with Crippen molar-refractivity contribution in [1.29, 1.82) is 0 Å². The standard InChI is InChI=1S/C16H14F3N5OS/c17-9-1-2-10-12(7-9)26-16(21-10)24-5-3-23(4-6-24)15-20-11(14(18)19)8-13(25)22-15/h1-2,7-8,14H,3-6H2,(H,20,22,25). The molecule has 6 nitrogen and oxygen atoms in total. The van der Waals surface area contributed by atoms with Gasteiger partial charge in [-0.25, -0.2) is 23.1 Å². The Labute approximate surface area is 149 Å². The lowest BCUT2D eigenvalue weighted by atomic mass is 10.3. The minimum Gasteiger partial charge on any atom is -0.345 e. The Morgan fingerprint density at radius 2 is 1.81 bits per heavy atom. The number of H-pyrrole nitrogens is 1. The van der Waals surface area contributed by atoms with Gasteiger partial charge in [0.05, 0.1) is 10.2 Å². The normalized spacial score (nSPS) is 15.2. The second kappa shape index (κ2) is 6.60. The van der Waals surface area contributed by atoms with Gasteiger partial charge < -0.3 is 9.80 Å². The highest BCUT2D eigenvalue weighted by Crippen LogP contribution is 2.30. The van der Waals surface area contributed by atoms with Crippen molar-refractivity contribution in [1.82, 2.24) is 15.0 Å². The highest BCUT2D eigenvalue weighted by atomic mass is 32.1. The summed E-state index contributed by atoms with van der Waals surface area (Å²) in [4.78, 5) is 26.2. The molecule has 3 aromatic rings. The molecule has 0 radical (unpaired) electrons. The molecular weight excluding hydrogens is 367 g/mol. The van der Waals surface area contributed by atoms with Crippen molar-refractivity contribution >= 4 is 32.6 Å². The maximum Gasteiger partial charge on any atom is 0.280 e. The highest BCUT2D eigenvalue weighted by molar-refractivity contribution is 7.22. The predicted molar refractivity (Wildman–Crippen MR) is 93.8 cm³/mol. The Morgan fingerprint density at radius 3 is 2.54 bits per heavy atom. The molecule has 0 saturated carbocycles. The number of piperazine rings is 1. The smallest absolute Gasteiger partial charge is 0.280 e. The molecule has 3 heterocycles. The zero-order valence-corrected chi connectivity index (χ0v) is 14.3. The summed E-state index contributed by atoms with van der Waals surface area (Å²) in [5, 5.41) is 0.785. The topological polar surface area (TPSA) is 65.1 Å². The quantitative estimate of drug-likeness (QED) is 0.756. The zero-order valence-electron chi connectivity index (χ0n) is 13.5. The lowest BCUT2D eigenvalue weighted by Crippen LogP contribution is -2.47. The average molecular weight is 381 g/mol. The zero-order chi connectivity index (χ0) is 18.3. The van der Waals surface area contributed by atoms with E-state index in [-0.39, 0.29) is 11.8 Å². The van der Waals surface area contributed by atoms with Crippen LogP contribution in [0.2, 0.25) is 0 Å². The number of hydrogen-bond acceptors (Lipinski definition) is 6. The number of hydrogen-bond donors (Lipinski definition) is 1. The molecule has 1 saturated heterocycles. The molecule has 0 bridgehead atoms. The van der Waals surface area contributed by atoms with Gasteiger partial charge in [0, 0.05) is 32.2 Å². The van der Waals surface area contributed by atoms with Crippen LogP contribution in [0, 0.1) is 5.82 Å². The average Bonchev–Trinajstić information content (AvgIpc) is 3.04. The summed E-state index contributed by atoms with van der Waals surface area (Å²) in [7, 11) is 0. The van der Waals surface area contributed by atoms with Crippen molar-refractivity contribution in [2.75, 3.05) is 36.0 Å². The van der Waals surface area contributed by atoms with Crippen molar-refractivity contribution in [2.45, 2.75) is 6.43 Å². The lowest BCUT2D eigenvalue weighted by Gasteiger charge is -2.34. The van der Waals surface area contributed by atoms with Crippen molar-refractivity contribution in [3.63, 3.8) is 0 Å². The van der Waals surface area contributed by atoms with E-state index in [9.17, 15) is 18.0 Å². The van der Waals surface area contributed by atoms with Crippen LogP contribution < -0.4 is 15.4 Å². The summed E-state index contributed by atoms with van der Waals surface area (Å²) < 4.78 is 39.8. The summed E-state index contributed by atoms with van der Waals surface area (Å²) in [5.74, 6) is -0.148. The number of benzene rings is 1. The third kappa shape index (κ3) is 3.24. The first kappa shape index (κ1) is 16.8. The monoisotopic (exact) mass is 381 g/mol. The molecule has 10 heteroatoms. The van der Waals surface area contributed by atoms with Gasteiger partial charge in [0.2, 0.25) is 5.95 Å². The van der Waals surface area contributed by atoms with Crippen molar-refractivity contribution in [2.24, 2.45) is 0 Å². The summed E-state index contributed by atoms with van der Waals surface area (Å²) in [6, 6.07) is 5.29. The molecule has 0 aliphatic carbocycles. The van der Waals surface area contributed by atoms with Crippen LogP contribution in [-0.4, -0.2) is 41.1 Å². The number of nitrogens with zero attached hydrogens (tertiary/aromatic N) is 4. The van der Waals surface area contributed by atoms with Crippen LogP contribution in [0.25, 0.3) is 10.2 Å². The third-order valence-electron chi connectivity index (χ3n) is 4.16. The molecule has 1 aliphatic heterocycles. The van der Waals surface area contributed by atoms with Crippen LogP contribution in [0.3, 0.4) is 0 Å². The first-order valence-corrected chi connectivity index (χ1v) is 8.76. The first-order valence-electron chi connectivity index (χ1n) is 7.95. The van der Waals surface area contributed by atoms with Crippen molar-refractivity contribution in [3.8, 4) is 0 Å². The Balaban J connectivity index is 1.51. The van der Waals surface area contributed by atoms with Gasteiger partial charge in [-0.05, 0) is 18.2 Å². The van der Waals surface area contributed by atoms with Crippen LogP contribution >= 0.6 is 11.3 Å². The fourth-order valence-electron chi connectivity index (χ4n) is 2.86. The number of nitrogens with one attached hydrogen (secondary N) is 1. The SMILES string of the molecule is O=c1cc(C(F)F)nc(N2CCN(c3nc4ccc(F)cc4s3)CC2)[nH]1. The van der Waals surface area contributed by atoms with Crippen LogP contribution in [0.1, 0.15) is 12.1 Å². The molecule has 1 N–H and O–H groups in total. The number of anilines is 2. The molecule has 26 heavy (non-hydrogen) atoms. The Hall–Kier alpha value is -2.62. The summed E-state index contributed by atoms with van der Waals surface area (Å²) >= 11 is 1.41. The van der Waals surface area contributed by atoms with Crippen molar-refractivity contribution < 1.29 is 13.2 Å². The number of aromatic nitrogens is 3. The van der Waals surface area contributed by atoms with E-state index >= 15 is 0 Å². The lowest BCUT2D eigenvalue weighted by molar-refractivity contribution is 0.146. The number of thiazole rings is 1. The number of rotatable bonds is 3. The third-order valence-corrected chi connectivity index (χ3v) is 5.24. The van der Waals surface area contributed by atoms with Crippen LogP contribution in [-0.2, 0) is 0 Å². The maximum atomic E-state index is 13.3. The van der Waals surface area contributed by atoms with Gasteiger partial charge in [-0.3, -0.25) is 9.78 Å². The van der Waals surface area contributed by atoms with Gasteiger partial charge in [-0.1, -0.05) is 11.3 Å². The first-order chi connectivity index (χ1) is 12.5. The van der Waals surface area contributed by atoms with Crippen molar-refractivity contribution in [3.05, 3.63) is 46.1 Å². The Morgan fingerprint density at radius 1 is 1.08 bits per heavy atom. The Kier molecular flexibility index (Phi) is 4.27. The van der Waals surface area contributed by atoms with E-state index in [0.29, 0.717) is 26.2 Å². The molecular formula is C16H14F3N5OS. The molecule has 0 spiro atoms. The Bertz CT molecular complexity index is 997. The fraction of sp³-hybridized carbons (Fsp3) is 0.312. The molecule has 4 rings (SSSR count). The molecule has 136 valence electrons. The molecule has 0 unspecified atom stereocenters. The molecule has 0 amide bonds. The summed E-state index contributed by atoms with van der Waals surface area (Å²) in [5.41, 5.74) is -0.384. The van der Waals surface area contributed by atoms with E-state index in [1.807, 2.05) is 4.90 Å². The van der Waals surface area contributed by atoms with E-state index in [2.05, 4.69) is 15.0 Å². The number of aromatic amines is 1. The van der Waals surface area contributed by atoms with E-state index < -0.39 is 17.7 Å². The molecule has 1 fully saturated rings. The molecule has 1 aromatic carbocycles. The minimum absolute atomic E-state index is 0.152. The molecule has 2 aromatic heterocycles. The van der Waals surface area contributed by atoms with E-state index in [1.54, 1.807) is 11.0 Å². The van der Waals surface area contributed by atoms with Crippen LogP contribution in [0.4, 0.5) is 24.3 Å². The predicted octanol–water partition coefficient (Wildman–Crippen LogP) is 2.78. The van der Waals surface area contributed by atoms with E-state index in [1.165, 1.54) is 23.5 Å². The van der Waals surface area contributed by atoms with Gasteiger partial charge in [-0.2, -0.15) is 0 Å². The van der Waals surface area contributed by atoms with Gasteiger partial charge in [0.1, 0.15) is 11.5 Å². The molecule has 0 atom stereocenters. The van der Waals surface area contributed by atoms with Gasteiger partial charge >= 0.3 is 0 Å².